The van der Waals surface area contributed by atoms with Gasteiger partial charge in [-0.25, -0.2) is 4.98 Å². The Balaban J connectivity index is 2.30. The average Bonchev–Trinajstić information content (AvgIpc) is 2.83. The van der Waals surface area contributed by atoms with Crippen molar-refractivity contribution in [2.24, 2.45) is 0 Å². The quantitative estimate of drug-likeness (QED) is 0.698. The summed E-state index contributed by atoms with van der Waals surface area (Å²) < 4.78 is 0. The van der Waals surface area contributed by atoms with E-state index in [4.69, 9.17) is 5.26 Å². The van der Waals surface area contributed by atoms with Crippen molar-refractivity contribution in [3.63, 3.8) is 0 Å². The lowest BCUT2D eigenvalue weighted by Crippen LogP contribution is -1.91. The molecule has 1 heterocycles. The summed E-state index contributed by atoms with van der Waals surface area (Å²) in [4.78, 5) is 5.50. The molecule has 62 valence electrons. The van der Waals surface area contributed by atoms with Crippen LogP contribution in [0, 0.1) is 11.3 Å². The summed E-state index contributed by atoms with van der Waals surface area (Å²) in [5.41, 5.74) is 3.05. The van der Waals surface area contributed by atoms with Gasteiger partial charge in [-0.15, -0.1) is 11.3 Å². The molecule has 1 unspecified atom stereocenters. The number of aromatic nitrogens is 1. The van der Waals surface area contributed by atoms with Gasteiger partial charge in [0.1, 0.15) is 0 Å². The van der Waals surface area contributed by atoms with Crippen molar-refractivity contribution < 1.29 is 0 Å². The van der Waals surface area contributed by atoms with Crippen LogP contribution in [-0.2, 0) is 0 Å². The van der Waals surface area contributed by atoms with E-state index in [1.807, 2.05) is 12.4 Å². The second-order valence-corrected chi connectivity index (χ2v) is 4.11. The van der Waals surface area contributed by atoms with Gasteiger partial charge in [-0.2, -0.15) is 5.26 Å². The van der Waals surface area contributed by atoms with Crippen LogP contribution in [0.3, 0.4) is 0 Å². The fourth-order valence-corrected chi connectivity index (χ4v) is 2.19. The summed E-state index contributed by atoms with van der Waals surface area (Å²) >= 11 is 1.62. The van der Waals surface area contributed by atoms with Crippen LogP contribution in [0.4, 0.5) is 0 Å². The molecular formula is C9H10N2S. The van der Waals surface area contributed by atoms with E-state index in [0.29, 0.717) is 5.92 Å². The van der Waals surface area contributed by atoms with Crippen molar-refractivity contribution in [2.75, 3.05) is 0 Å². The maximum atomic E-state index is 8.76. The highest BCUT2D eigenvalue weighted by Gasteiger charge is 2.29. The topological polar surface area (TPSA) is 36.7 Å². The van der Waals surface area contributed by atoms with Crippen molar-refractivity contribution >= 4 is 11.3 Å². The van der Waals surface area contributed by atoms with E-state index >= 15 is 0 Å². The summed E-state index contributed by atoms with van der Waals surface area (Å²) in [5, 5.41) is 8.76. The Bertz CT molecular complexity index is 320. The molecule has 1 aliphatic carbocycles. The predicted octanol–water partition coefficient (Wildman–Crippen LogP) is 2.65. The monoisotopic (exact) mass is 178 g/mol. The maximum absolute atomic E-state index is 8.76. The molecule has 12 heavy (non-hydrogen) atoms. The predicted molar refractivity (Wildman–Crippen MR) is 48.1 cm³/mol. The molecular weight excluding hydrogens is 168 g/mol. The maximum Gasteiger partial charge on any atom is 0.0798 e. The highest BCUT2D eigenvalue weighted by molar-refractivity contribution is 7.09. The number of thiazole rings is 1. The summed E-state index contributed by atoms with van der Waals surface area (Å²) in [6.07, 6.45) is 2.52. The second-order valence-electron chi connectivity index (χ2n) is 3.23. The van der Waals surface area contributed by atoms with Crippen molar-refractivity contribution in [1.82, 2.24) is 4.98 Å². The lowest BCUT2D eigenvalue weighted by molar-refractivity contribution is 0.936. The minimum atomic E-state index is 0.0214. The fraction of sp³-hybridized carbons (Fsp3) is 0.556. The van der Waals surface area contributed by atoms with Crippen LogP contribution in [0.1, 0.15) is 42.2 Å². The van der Waals surface area contributed by atoms with E-state index in [9.17, 15) is 0 Å². The minimum absolute atomic E-state index is 0.0214. The third-order valence-electron chi connectivity index (χ3n) is 2.17. The third-order valence-corrected chi connectivity index (χ3v) is 3.20. The van der Waals surface area contributed by atoms with Crippen molar-refractivity contribution in [1.29, 1.82) is 5.26 Å². The van der Waals surface area contributed by atoms with Gasteiger partial charge in [0.2, 0.25) is 0 Å². The lowest BCUT2D eigenvalue weighted by Gasteiger charge is -2.00. The molecule has 1 atom stereocenters. The normalized spacial score (nSPS) is 18.7. The summed E-state index contributed by atoms with van der Waals surface area (Å²) in [6, 6.07) is 2.26. The smallest absolute Gasteiger partial charge is 0.0798 e. The van der Waals surface area contributed by atoms with Crippen LogP contribution in [0.15, 0.2) is 5.51 Å². The van der Waals surface area contributed by atoms with E-state index in [2.05, 4.69) is 11.1 Å². The van der Waals surface area contributed by atoms with Gasteiger partial charge in [0.05, 0.1) is 23.2 Å². The van der Waals surface area contributed by atoms with Gasteiger partial charge in [-0.1, -0.05) is 0 Å². The van der Waals surface area contributed by atoms with Gasteiger partial charge < -0.3 is 0 Å². The van der Waals surface area contributed by atoms with Crippen LogP contribution in [0.2, 0.25) is 0 Å². The highest BCUT2D eigenvalue weighted by atomic mass is 32.1. The molecule has 0 N–H and O–H groups in total. The fourth-order valence-electron chi connectivity index (χ4n) is 1.31. The van der Waals surface area contributed by atoms with Gasteiger partial charge in [0.25, 0.3) is 0 Å². The molecule has 2 nitrogen and oxygen atoms in total. The molecule has 1 saturated carbocycles. The number of hydrogen-bond acceptors (Lipinski definition) is 3. The Labute approximate surface area is 75.9 Å². The molecule has 3 heteroatoms. The Morgan fingerprint density at radius 2 is 2.50 bits per heavy atom. The molecule has 0 aliphatic heterocycles. The lowest BCUT2D eigenvalue weighted by atomic mass is 10.1. The van der Waals surface area contributed by atoms with E-state index in [-0.39, 0.29) is 5.92 Å². The van der Waals surface area contributed by atoms with Crippen LogP contribution in [0.25, 0.3) is 0 Å². The number of rotatable bonds is 2. The van der Waals surface area contributed by atoms with Crippen LogP contribution in [-0.4, -0.2) is 4.98 Å². The molecule has 1 aromatic rings. The van der Waals surface area contributed by atoms with E-state index in [1.165, 1.54) is 23.4 Å². The Kier molecular flexibility index (Phi) is 1.86. The SMILES string of the molecule is CC(C#N)c1scnc1C1CC1. The van der Waals surface area contributed by atoms with Crippen molar-refractivity contribution in [2.45, 2.75) is 31.6 Å². The van der Waals surface area contributed by atoms with Crippen molar-refractivity contribution in [3.05, 3.63) is 16.1 Å². The zero-order valence-corrected chi connectivity index (χ0v) is 7.77. The molecule has 0 saturated heterocycles. The molecule has 0 radical (unpaired) electrons. The Morgan fingerprint density at radius 1 is 1.75 bits per heavy atom. The van der Waals surface area contributed by atoms with Gasteiger partial charge in [0, 0.05) is 10.8 Å². The van der Waals surface area contributed by atoms with Gasteiger partial charge in [0.15, 0.2) is 0 Å². The molecule has 1 aliphatic rings. The second kappa shape index (κ2) is 2.87. The van der Waals surface area contributed by atoms with Crippen molar-refractivity contribution in [3.8, 4) is 6.07 Å². The first kappa shape index (κ1) is 7.75. The Morgan fingerprint density at radius 3 is 3.08 bits per heavy atom. The van der Waals surface area contributed by atoms with Gasteiger partial charge in [-0.3, -0.25) is 0 Å². The standard InChI is InChI=1S/C9H10N2S/c1-6(4-10)9-8(7-2-3-7)11-5-12-9/h5-7H,2-3H2,1H3. The van der Waals surface area contributed by atoms with Crippen LogP contribution >= 0.6 is 11.3 Å². The number of nitrogens with zero attached hydrogens (tertiary/aromatic N) is 2. The molecule has 0 bridgehead atoms. The van der Waals surface area contributed by atoms with E-state index < -0.39 is 0 Å². The van der Waals surface area contributed by atoms with Crippen LogP contribution < -0.4 is 0 Å². The zero-order valence-electron chi connectivity index (χ0n) is 6.95. The zero-order chi connectivity index (χ0) is 8.55. The molecule has 1 aromatic heterocycles. The largest absolute Gasteiger partial charge is 0.249 e. The first-order valence-corrected chi connectivity index (χ1v) is 5.03. The molecule has 0 spiro atoms. The molecule has 2 rings (SSSR count). The summed E-state index contributed by atoms with van der Waals surface area (Å²) in [6.45, 7) is 1.94. The molecule has 1 fully saturated rings. The first-order valence-electron chi connectivity index (χ1n) is 4.16. The first-order chi connectivity index (χ1) is 5.83. The van der Waals surface area contributed by atoms with Gasteiger partial charge in [-0.05, 0) is 19.8 Å². The van der Waals surface area contributed by atoms with Crippen LogP contribution in [0.5, 0.6) is 0 Å². The Hall–Kier alpha value is -0.880. The highest BCUT2D eigenvalue weighted by Crippen LogP contribution is 2.43. The van der Waals surface area contributed by atoms with E-state index in [0.717, 1.165) is 0 Å². The number of nitriles is 1. The molecule has 0 aromatic carbocycles. The number of hydrogen-bond donors (Lipinski definition) is 0. The molecule has 0 amide bonds. The van der Waals surface area contributed by atoms with Gasteiger partial charge >= 0.3 is 0 Å². The summed E-state index contributed by atoms with van der Waals surface area (Å²) in [5.74, 6) is 0.690. The third kappa shape index (κ3) is 1.23. The summed E-state index contributed by atoms with van der Waals surface area (Å²) in [7, 11) is 0. The average molecular weight is 178 g/mol. The minimum Gasteiger partial charge on any atom is -0.249 e. The van der Waals surface area contributed by atoms with E-state index in [1.54, 1.807) is 11.3 Å².